The second-order valence-electron chi connectivity index (χ2n) is 6.10. The molecule has 0 spiro atoms. The molecule has 1 aromatic heterocycles. The van der Waals surface area contributed by atoms with Crippen LogP contribution in [0.25, 0.3) is 0 Å². The lowest BCUT2D eigenvalue weighted by molar-refractivity contribution is -0.120. The lowest BCUT2D eigenvalue weighted by atomic mass is 9.95. The molecule has 0 aromatic carbocycles. The Labute approximate surface area is 161 Å². The fraction of sp³-hybridized carbons (Fsp3) is 0.500. The summed E-state index contributed by atoms with van der Waals surface area (Å²) < 4.78 is 0.820. The SMILES string of the molecule is CCN(CC)c1sc(Br)c(C(=O)NCC2C(=O)N=C(C)C=C2C)c1C. The number of amides is 2. The van der Waals surface area contributed by atoms with Crippen molar-refractivity contribution in [1.82, 2.24) is 5.32 Å². The van der Waals surface area contributed by atoms with Crippen molar-refractivity contribution in [1.29, 1.82) is 0 Å². The average Bonchev–Trinajstić information content (AvgIpc) is 2.82. The van der Waals surface area contributed by atoms with E-state index in [0.717, 1.165) is 33.0 Å². The lowest BCUT2D eigenvalue weighted by Gasteiger charge is -2.20. The molecule has 0 fully saturated rings. The van der Waals surface area contributed by atoms with Gasteiger partial charge in [0, 0.05) is 25.3 Å². The first-order valence-corrected chi connectivity index (χ1v) is 10.00. The van der Waals surface area contributed by atoms with Crippen molar-refractivity contribution in [2.45, 2.75) is 34.6 Å². The second-order valence-corrected chi connectivity index (χ2v) is 8.41. The van der Waals surface area contributed by atoms with Crippen molar-refractivity contribution in [2.24, 2.45) is 10.9 Å². The molecule has 2 rings (SSSR count). The van der Waals surface area contributed by atoms with Crippen LogP contribution in [-0.2, 0) is 4.79 Å². The molecular weight excluding hydrogens is 402 g/mol. The zero-order chi connectivity index (χ0) is 18.7. The molecule has 7 heteroatoms. The van der Waals surface area contributed by atoms with Gasteiger partial charge < -0.3 is 10.2 Å². The number of halogens is 1. The summed E-state index contributed by atoms with van der Waals surface area (Å²) in [7, 11) is 0. The van der Waals surface area contributed by atoms with E-state index in [-0.39, 0.29) is 24.3 Å². The highest BCUT2D eigenvalue weighted by Crippen LogP contribution is 2.39. The van der Waals surface area contributed by atoms with E-state index in [9.17, 15) is 9.59 Å². The third-order valence-corrected chi connectivity index (χ3v) is 6.42. The molecule has 2 amide bonds. The number of anilines is 1. The third kappa shape index (κ3) is 4.20. The minimum Gasteiger partial charge on any atom is -0.364 e. The van der Waals surface area contributed by atoms with Gasteiger partial charge in [-0.05, 0) is 62.2 Å². The first-order valence-electron chi connectivity index (χ1n) is 8.39. The van der Waals surface area contributed by atoms with E-state index in [1.165, 1.54) is 0 Å². The van der Waals surface area contributed by atoms with Gasteiger partial charge in [-0.15, -0.1) is 11.3 Å². The number of allylic oxidation sites excluding steroid dienone is 1. The quantitative estimate of drug-likeness (QED) is 0.749. The van der Waals surface area contributed by atoms with Gasteiger partial charge in [-0.2, -0.15) is 0 Å². The first-order chi connectivity index (χ1) is 11.8. The van der Waals surface area contributed by atoms with Gasteiger partial charge in [0.1, 0.15) is 0 Å². The number of carbonyl (C=O) groups excluding carboxylic acids is 2. The second kappa shape index (κ2) is 8.27. The molecule has 0 saturated carbocycles. The van der Waals surface area contributed by atoms with Gasteiger partial charge in [0.25, 0.3) is 11.8 Å². The summed E-state index contributed by atoms with van der Waals surface area (Å²) in [5.74, 6) is -0.735. The zero-order valence-electron chi connectivity index (χ0n) is 15.3. The van der Waals surface area contributed by atoms with Crippen LogP contribution in [0.15, 0.2) is 20.4 Å². The molecule has 1 aromatic rings. The first kappa shape index (κ1) is 19.8. The average molecular weight is 426 g/mol. The number of hydrogen-bond acceptors (Lipinski definition) is 4. The van der Waals surface area contributed by atoms with Crippen LogP contribution in [0.2, 0.25) is 0 Å². The summed E-state index contributed by atoms with van der Waals surface area (Å²) >= 11 is 5.09. The predicted octanol–water partition coefficient (Wildman–Crippen LogP) is 3.96. The van der Waals surface area contributed by atoms with Crippen molar-refractivity contribution in [2.75, 3.05) is 24.5 Å². The van der Waals surface area contributed by atoms with Gasteiger partial charge in [0.2, 0.25) is 0 Å². The number of nitrogens with zero attached hydrogens (tertiary/aromatic N) is 2. The predicted molar refractivity (Wildman–Crippen MR) is 108 cm³/mol. The molecule has 1 aliphatic heterocycles. The highest BCUT2D eigenvalue weighted by atomic mass is 79.9. The molecule has 1 unspecified atom stereocenters. The van der Waals surface area contributed by atoms with Crippen LogP contribution >= 0.6 is 27.3 Å². The van der Waals surface area contributed by atoms with Crippen LogP contribution in [0.1, 0.15) is 43.6 Å². The molecule has 0 aliphatic carbocycles. The van der Waals surface area contributed by atoms with Gasteiger partial charge >= 0.3 is 0 Å². The number of carbonyl (C=O) groups is 2. The molecule has 136 valence electrons. The van der Waals surface area contributed by atoms with Crippen molar-refractivity contribution >= 4 is 49.8 Å². The maximum atomic E-state index is 12.7. The van der Waals surface area contributed by atoms with Gasteiger partial charge in [-0.25, -0.2) is 4.99 Å². The van der Waals surface area contributed by atoms with Crippen molar-refractivity contribution in [3.8, 4) is 0 Å². The van der Waals surface area contributed by atoms with E-state index in [0.29, 0.717) is 11.3 Å². The molecule has 5 nitrogen and oxygen atoms in total. The third-order valence-electron chi connectivity index (χ3n) is 4.39. The fourth-order valence-electron chi connectivity index (χ4n) is 2.98. The number of nitrogens with one attached hydrogen (secondary N) is 1. The summed E-state index contributed by atoms with van der Waals surface area (Å²) in [5.41, 5.74) is 3.26. The van der Waals surface area contributed by atoms with Crippen LogP contribution in [0.4, 0.5) is 5.00 Å². The molecule has 0 bridgehead atoms. The van der Waals surface area contributed by atoms with Crippen LogP contribution in [0, 0.1) is 12.8 Å². The van der Waals surface area contributed by atoms with Crippen LogP contribution < -0.4 is 10.2 Å². The summed E-state index contributed by atoms with van der Waals surface area (Å²) in [5, 5.41) is 4.01. The maximum absolute atomic E-state index is 12.7. The zero-order valence-corrected chi connectivity index (χ0v) is 17.7. The summed E-state index contributed by atoms with van der Waals surface area (Å²) in [6, 6.07) is 0. The highest BCUT2D eigenvalue weighted by Gasteiger charge is 2.26. The Balaban J connectivity index is 2.15. The number of rotatable bonds is 6. The van der Waals surface area contributed by atoms with Crippen LogP contribution in [-0.4, -0.2) is 37.2 Å². The maximum Gasteiger partial charge on any atom is 0.254 e. The van der Waals surface area contributed by atoms with Crippen LogP contribution in [0.5, 0.6) is 0 Å². The summed E-state index contributed by atoms with van der Waals surface area (Å²) in [4.78, 5) is 31.0. The minimum atomic E-state index is -0.382. The Bertz CT molecular complexity index is 748. The number of thiophene rings is 1. The molecule has 0 radical (unpaired) electrons. The Morgan fingerprint density at radius 3 is 2.52 bits per heavy atom. The van der Waals surface area contributed by atoms with Crippen LogP contribution in [0.3, 0.4) is 0 Å². The Kier molecular flexibility index (Phi) is 6.57. The Morgan fingerprint density at radius 1 is 1.32 bits per heavy atom. The van der Waals surface area contributed by atoms with Crippen molar-refractivity contribution < 1.29 is 9.59 Å². The molecule has 1 atom stereocenters. The van der Waals surface area contributed by atoms with E-state index in [1.807, 2.05) is 19.9 Å². The fourth-order valence-corrected chi connectivity index (χ4v) is 5.08. The van der Waals surface area contributed by atoms with Gasteiger partial charge in [-0.3, -0.25) is 9.59 Å². The molecule has 25 heavy (non-hydrogen) atoms. The normalized spacial score (nSPS) is 17.2. The minimum absolute atomic E-state index is 0.161. The monoisotopic (exact) mass is 425 g/mol. The van der Waals surface area contributed by atoms with E-state index in [1.54, 1.807) is 18.3 Å². The largest absolute Gasteiger partial charge is 0.364 e. The van der Waals surface area contributed by atoms with E-state index < -0.39 is 0 Å². The highest BCUT2D eigenvalue weighted by molar-refractivity contribution is 9.11. The lowest BCUT2D eigenvalue weighted by Crippen LogP contribution is -2.35. The molecule has 0 saturated heterocycles. The van der Waals surface area contributed by atoms with E-state index >= 15 is 0 Å². The Morgan fingerprint density at radius 2 is 1.96 bits per heavy atom. The van der Waals surface area contributed by atoms with Crippen molar-refractivity contribution in [3.63, 3.8) is 0 Å². The van der Waals surface area contributed by atoms with Gasteiger partial charge in [-0.1, -0.05) is 5.57 Å². The van der Waals surface area contributed by atoms with E-state index in [4.69, 9.17) is 0 Å². The topological polar surface area (TPSA) is 61.8 Å². The number of hydrogen-bond donors (Lipinski definition) is 1. The van der Waals surface area contributed by atoms with Gasteiger partial charge in [0.15, 0.2) is 0 Å². The van der Waals surface area contributed by atoms with Gasteiger partial charge in [0.05, 0.1) is 20.3 Å². The standard InChI is InChI=1S/C18H24BrN3O2S/c1-6-22(7-2)18-12(5)14(15(19)25-18)17(24)20-9-13-10(3)8-11(4)21-16(13)23/h8,13H,6-7,9H2,1-5H3,(H,20,24). The molecule has 1 N–H and O–H groups in total. The van der Waals surface area contributed by atoms with Crippen molar-refractivity contribution in [3.05, 3.63) is 26.6 Å². The number of aliphatic imine (C=N–C) groups is 1. The molecule has 1 aliphatic rings. The molecular formula is C18H24BrN3O2S. The summed E-state index contributed by atoms with van der Waals surface area (Å²) in [6.07, 6.45) is 1.89. The Hall–Kier alpha value is -1.47. The molecule has 2 heterocycles. The number of dihydropyridines is 1. The van der Waals surface area contributed by atoms with E-state index in [2.05, 4.69) is 45.0 Å². The smallest absolute Gasteiger partial charge is 0.254 e. The summed E-state index contributed by atoms with van der Waals surface area (Å²) in [6.45, 7) is 11.9.